The quantitative estimate of drug-likeness (QED) is 0.911. The number of thioether (sulfide) groups is 1. The number of hydrogen-bond donors (Lipinski definition) is 1. The largest absolute Gasteiger partial charge is 0.329 e. The summed E-state index contributed by atoms with van der Waals surface area (Å²) < 4.78 is 26.5. The van der Waals surface area contributed by atoms with Gasteiger partial charge in [0.05, 0.1) is 11.4 Å². The fourth-order valence-corrected chi connectivity index (χ4v) is 5.13. The number of fused-ring (bicyclic) bond motifs is 1. The lowest BCUT2D eigenvalue weighted by Gasteiger charge is -2.30. The van der Waals surface area contributed by atoms with Gasteiger partial charge in [0.1, 0.15) is 0 Å². The maximum atomic E-state index is 12.1. The summed E-state index contributed by atoms with van der Waals surface area (Å²) in [6, 6.07) is 5.71. The first-order chi connectivity index (χ1) is 8.06. The van der Waals surface area contributed by atoms with Crippen LogP contribution >= 0.6 is 27.7 Å². The third kappa shape index (κ3) is 2.62. The number of nitrogens with two attached hydrogens (primary N) is 1. The lowest BCUT2D eigenvalue weighted by molar-refractivity contribution is 0.591. The van der Waals surface area contributed by atoms with Crippen LogP contribution in [-0.2, 0) is 10.0 Å². The predicted molar refractivity (Wildman–Crippen MR) is 75.1 cm³/mol. The van der Waals surface area contributed by atoms with E-state index in [1.54, 1.807) is 11.8 Å². The highest BCUT2D eigenvalue weighted by molar-refractivity contribution is 9.10. The molecule has 0 aromatic heterocycles. The van der Waals surface area contributed by atoms with Crippen LogP contribution in [-0.4, -0.2) is 33.0 Å². The Bertz CT molecular complexity index is 519. The number of halogens is 1. The van der Waals surface area contributed by atoms with Gasteiger partial charge in [-0.2, -0.15) is 0 Å². The van der Waals surface area contributed by atoms with E-state index in [9.17, 15) is 8.42 Å². The first-order valence-corrected chi connectivity index (χ1v) is 8.57. The van der Waals surface area contributed by atoms with Crippen LogP contribution in [0.5, 0.6) is 0 Å². The predicted octanol–water partition coefficient (Wildman–Crippen LogP) is 1.65. The monoisotopic (exact) mass is 336 g/mol. The van der Waals surface area contributed by atoms with Gasteiger partial charge in [-0.15, -0.1) is 11.8 Å². The van der Waals surface area contributed by atoms with Gasteiger partial charge in [-0.1, -0.05) is 6.07 Å². The molecule has 1 aromatic carbocycles. The van der Waals surface area contributed by atoms with Crippen LogP contribution in [0.2, 0.25) is 0 Å². The van der Waals surface area contributed by atoms with Crippen LogP contribution < -0.4 is 10.0 Å². The van der Waals surface area contributed by atoms with Crippen molar-refractivity contribution in [3.05, 3.63) is 22.7 Å². The van der Waals surface area contributed by atoms with Gasteiger partial charge in [-0.25, -0.2) is 8.42 Å². The summed E-state index contributed by atoms with van der Waals surface area (Å²) in [5.41, 5.74) is 6.10. The van der Waals surface area contributed by atoms with E-state index in [4.69, 9.17) is 5.73 Å². The third-order valence-electron chi connectivity index (χ3n) is 2.46. The molecular formula is C10H13BrN2O2S2. The zero-order chi connectivity index (χ0) is 12.5. The zero-order valence-electron chi connectivity index (χ0n) is 9.10. The minimum atomic E-state index is -3.30. The number of anilines is 1. The van der Waals surface area contributed by atoms with Gasteiger partial charge in [-0.3, -0.25) is 4.31 Å². The van der Waals surface area contributed by atoms with Gasteiger partial charge < -0.3 is 5.73 Å². The van der Waals surface area contributed by atoms with Crippen molar-refractivity contribution in [2.45, 2.75) is 4.90 Å². The van der Waals surface area contributed by atoms with Crippen molar-refractivity contribution in [1.29, 1.82) is 0 Å². The molecule has 0 aliphatic carbocycles. The van der Waals surface area contributed by atoms with Crippen LogP contribution in [0.1, 0.15) is 0 Å². The summed E-state index contributed by atoms with van der Waals surface area (Å²) in [5, 5.41) is 0. The van der Waals surface area contributed by atoms with Gasteiger partial charge in [-0.05, 0) is 28.1 Å². The Kier molecular flexibility index (Phi) is 4.02. The molecule has 1 aliphatic rings. The number of benzene rings is 1. The minimum absolute atomic E-state index is 0.0154. The lowest BCUT2D eigenvalue weighted by atomic mass is 10.3. The molecular weight excluding hydrogens is 324 g/mol. The first-order valence-electron chi connectivity index (χ1n) is 5.18. The van der Waals surface area contributed by atoms with Crippen LogP contribution in [0.15, 0.2) is 27.6 Å². The Hall–Kier alpha value is -0.240. The molecule has 7 heteroatoms. The summed E-state index contributed by atoms with van der Waals surface area (Å²) in [7, 11) is -3.30. The molecule has 0 unspecified atom stereocenters. The highest BCUT2D eigenvalue weighted by atomic mass is 79.9. The molecule has 1 heterocycles. The molecule has 2 rings (SSSR count). The van der Waals surface area contributed by atoms with Gasteiger partial charge in [0.2, 0.25) is 10.0 Å². The molecule has 0 spiro atoms. The van der Waals surface area contributed by atoms with Gasteiger partial charge >= 0.3 is 0 Å². The molecule has 2 N–H and O–H groups in total. The molecule has 0 radical (unpaired) electrons. The van der Waals surface area contributed by atoms with Gasteiger partial charge in [0.15, 0.2) is 0 Å². The SMILES string of the molecule is NCCS(=O)(=O)N1CCSc2cccc(Br)c21. The average molecular weight is 337 g/mol. The highest BCUT2D eigenvalue weighted by Gasteiger charge is 2.28. The molecule has 17 heavy (non-hydrogen) atoms. The third-order valence-corrected chi connectivity index (χ3v) is 5.92. The fourth-order valence-electron chi connectivity index (χ4n) is 1.74. The molecule has 0 saturated heterocycles. The zero-order valence-corrected chi connectivity index (χ0v) is 12.3. The molecule has 4 nitrogen and oxygen atoms in total. The minimum Gasteiger partial charge on any atom is -0.329 e. The summed E-state index contributed by atoms with van der Waals surface area (Å²) in [5.74, 6) is 0.756. The van der Waals surface area contributed by atoms with Crippen LogP contribution in [0.25, 0.3) is 0 Å². The van der Waals surface area contributed by atoms with E-state index in [0.29, 0.717) is 6.54 Å². The van der Waals surface area contributed by atoms with Crippen LogP contribution in [0, 0.1) is 0 Å². The van der Waals surface area contributed by atoms with Crippen LogP contribution in [0.4, 0.5) is 5.69 Å². The summed E-state index contributed by atoms with van der Waals surface area (Å²) in [6.45, 7) is 0.647. The van der Waals surface area contributed by atoms with E-state index in [1.165, 1.54) is 4.31 Å². The highest BCUT2D eigenvalue weighted by Crippen LogP contribution is 2.41. The van der Waals surface area contributed by atoms with Crippen molar-refractivity contribution < 1.29 is 8.42 Å². The number of para-hydroxylation sites is 1. The molecule has 0 amide bonds. The van der Waals surface area contributed by atoms with Crippen molar-refractivity contribution in [2.24, 2.45) is 5.73 Å². The fraction of sp³-hybridized carbons (Fsp3) is 0.400. The second kappa shape index (κ2) is 5.17. The molecule has 0 atom stereocenters. The van der Waals surface area contributed by atoms with E-state index < -0.39 is 10.0 Å². The number of hydrogen-bond acceptors (Lipinski definition) is 4. The molecule has 94 valence electrons. The van der Waals surface area contributed by atoms with E-state index >= 15 is 0 Å². The smallest absolute Gasteiger partial charge is 0.236 e. The van der Waals surface area contributed by atoms with Gasteiger partial charge in [0.25, 0.3) is 0 Å². The normalized spacial score (nSPS) is 15.8. The Labute approximate surface area is 114 Å². The lowest BCUT2D eigenvalue weighted by Crippen LogP contribution is -2.39. The van der Waals surface area contributed by atoms with Crippen LogP contribution in [0.3, 0.4) is 0 Å². The Morgan fingerprint density at radius 3 is 2.94 bits per heavy atom. The molecule has 1 aliphatic heterocycles. The standard InChI is InChI=1S/C10H13BrN2O2S2/c11-8-2-1-3-9-10(8)13(5-6-16-9)17(14,15)7-4-12/h1-3H,4-7,12H2. The summed E-state index contributed by atoms with van der Waals surface area (Å²) in [4.78, 5) is 0.992. The molecule has 0 saturated carbocycles. The second-order valence-electron chi connectivity index (χ2n) is 3.61. The molecule has 0 bridgehead atoms. The summed E-state index contributed by atoms with van der Waals surface area (Å²) >= 11 is 5.09. The molecule has 1 aromatic rings. The van der Waals surface area contributed by atoms with Crippen molar-refractivity contribution in [3.8, 4) is 0 Å². The Morgan fingerprint density at radius 1 is 1.47 bits per heavy atom. The number of nitrogens with zero attached hydrogens (tertiary/aromatic N) is 1. The number of sulfonamides is 1. The Morgan fingerprint density at radius 2 is 2.24 bits per heavy atom. The van der Waals surface area contributed by atoms with Crippen molar-refractivity contribution in [1.82, 2.24) is 0 Å². The maximum absolute atomic E-state index is 12.1. The number of rotatable bonds is 3. The van der Waals surface area contributed by atoms with E-state index in [1.807, 2.05) is 18.2 Å². The van der Waals surface area contributed by atoms with Crippen molar-refractivity contribution >= 4 is 43.4 Å². The van der Waals surface area contributed by atoms with Crippen molar-refractivity contribution in [3.63, 3.8) is 0 Å². The summed E-state index contributed by atoms with van der Waals surface area (Å²) in [6.07, 6.45) is 0. The van der Waals surface area contributed by atoms with Gasteiger partial charge in [0, 0.05) is 28.2 Å². The second-order valence-corrected chi connectivity index (χ2v) is 7.62. The van der Waals surface area contributed by atoms with E-state index in [-0.39, 0.29) is 12.3 Å². The van der Waals surface area contributed by atoms with E-state index in [2.05, 4.69) is 15.9 Å². The molecule has 0 fully saturated rings. The van der Waals surface area contributed by atoms with E-state index in [0.717, 1.165) is 20.8 Å². The first kappa shape index (κ1) is 13.2. The average Bonchev–Trinajstić information content (AvgIpc) is 2.28. The van der Waals surface area contributed by atoms with Crippen molar-refractivity contribution in [2.75, 3.05) is 28.9 Å². The Balaban J connectivity index is 2.48. The maximum Gasteiger partial charge on any atom is 0.236 e. The topological polar surface area (TPSA) is 63.4 Å².